The van der Waals surface area contributed by atoms with Gasteiger partial charge in [0, 0.05) is 11.1 Å². The molecular formula is C14H17NO5. The molecule has 0 fully saturated rings. The fourth-order valence-electron chi connectivity index (χ4n) is 1.88. The standard InChI is InChI=1S/C14H17NO5/c1-14(2,3)20-13(18)19-8-15-11(16)9-6-4-5-7-10(9)12(15)17/h4-7,11,16H,8H2,1-3H3. The van der Waals surface area contributed by atoms with Crippen LogP contribution in [0.25, 0.3) is 0 Å². The van der Waals surface area contributed by atoms with Gasteiger partial charge >= 0.3 is 6.16 Å². The van der Waals surface area contributed by atoms with Gasteiger partial charge in [0.2, 0.25) is 0 Å². The van der Waals surface area contributed by atoms with E-state index in [1.165, 1.54) is 0 Å². The van der Waals surface area contributed by atoms with Crippen LogP contribution in [0, 0.1) is 0 Å². The maximum atomic E-state index is 12.0. The molecule has 2 rings (SSSR count). The van der Waals surface area contributed by atoms with Crippen molar-refractivity contribution in [3.63, 3.8) is 0 Å². The molecule has 6 heteroatoms. The van der Waals surface area contributed by atoms with Gasteiger partial charge in [-0.25, -0.2) is 4.79 Å². The number of aliphatic hydroxyl groups is 1. The van der Waals surface area contributed by atoms with Crippen LogP contribution in [-0.4, -0.2) is 34.4 Å². The van der Waals surface area contributed by atoms with Gasteiger partial charge in [-0.2, -0.15) is 0 Å². The molecule has 6 nitrogen and oxygen atoms in total. The Morgan fingerprint density at radius 2 is 2.00 bits per heavy atom. The first-order valence-electron chi connectivity index (χ1n) is 6.23. The molecule has 1 atom stereocenters. The topological polar surface area (TPSA) is 76.1 Å². The third-order valence-corrected chi connectivity index (χ3v) is 2.74. The summed E-state index contributed by atoms with van der Waals surface area (Å²) in [6, 6.07) is 6.72. The van der Waals surface area contributed by atoms with Crippen molar-refractivity contribution < 1.29 is 24.2 Å². The molecule has 0 saturated carbocycles. The molecule has 0 spiro atoms. The lowest BCUT2D eigenvalue weighted by Gasteiger charge is -2.23. The lowest BCUT2D eigenvalue weighted by atomic mass is 10.1. The predicted octanol–water partition coefficient (Wildman–Crippen LogP) is 2.04. The number of hydrogen-bond donors (Lipinski definition) is 1. The quantitative estimate of drug-likeness (QED) is 0.838. The van der Waals surface area contributed by atoms with Crippen LogP contribution >= 0.6 is 0 Å². The van der Waals surface area contributed by atoms with Crippen LogP contribution in [0.15, 0.2) is 24.3 Å². The van der Waals surface area contributed by atoms with E-state index < -0.39 is 18.0 Å². The van der Waals surface area contributed by atoms with E-state index in [-0.39, 0.29) is 12.6 Å². The number of ether oxygens (including phenoxy) is 2. The van der Waals surface area contributed by atoms with Crippen LogP contribution in [-0.2, 0) is 9.47 Å². The Bertz CT molecular complexity index is 535. The average molecular weight is 279 g/mol. The van der Waals surface area contributed by atoms with E-state index in [1.807, 2.05) is 0 Å². The Balaban J connectivity index is 1.99. The van der Waals surface area contributed by atoms with Gasteiger partial charge in [0.1, 0.15) is 5.60 Å². The first-order valence-corrected chi connectivity index (χ1v) is 6.23. The van der Waals surface area contributed by atoms with Crippen molar-refractivity contribution in [2.45, 2.75) is 32.6 Å². The maximum absolute atomic E-state index is 12.0. The zero-order valence-corrected chi connectivity index (χ0v) is 11.6. The van der Waals surface area contributed by atoms with Gasteiger partial charge in [-0.1, -0.05) is 18.2 Å². The summed E-state index contributed by atoms with van der Waals surface area (Å²) in [4.78, 5) is 24.5. The highest BCUT2D eigenvalue weighted by molar-refractivity contribution is 5.98. The monoisotopic (exact) mass is 279 g/mol. The maximum Gasteiger partial charge on any atom is 0.510 e. The number of benzene rings is 1. The Kier molecular flexibility index (Phi) is 3.67. The van der Waals surface area contributed by atoms with Crippen molar-refractivity contribution >= 4 is 12.1 Å². The van der Waals surface area contributed by atoms with E-state index in [2.05, 4.69) is 0 Å². The van der Waals surface area contributed by atoms with E-state index in [1.54, 1.807) is 45.0 Å². The van der Waals surface area contributed by atoms with E-state index in [9.17, 15) is 14.7 Å². The lowest BCUT2D eigenvalue weighted by Crippen LogP contribution is -2.33. The summed E-state index contributed by atoms with van der Waals surface area (Å²) in [7, 11) is 0. The number of rotatable bonds is 2. The minimum absolute atomic E-state index is 0.358. The Hall–Kier alpha value is -2.08. The molecule has 1 aromatic carbocycles. The van der Waals surface area contributed by atoms with E-state index in [0.717, 1.165) is 4.90 Å². The normalized spacial score (nSPS) is 17.9. The lowest BCUT2D eigenvalue weighted by molar-refractivity contribution is -0.0582. The van der Waals surface area contributed by atoms with Gasteiger partial charge in [-0.05, 0) is 26.8 Å². The number of nitrogens with zero attached hydrogens (tertiary/aromatic N) is 1. The van der Waals surface area contributed by atoms with Crippen molar-refractivity contribution in [1.29, 1.82) is 0 Å². The van der Waals surface area contributed by atoms with Gasteiger partial charge in [-0.15, -0.1) is 0 Å². The number of fused-ring (bicyclic) bond motifs is 1. The SMILES string of the molecule is CC(C)(C)OC(=O)OCN1C(=O)c2ccccc2C1O. The minimum Gasteiger partial charge on any atom is -0.429 e. The second-order valence-corrected chi connectivity index (χ2v) is 5.47. The number of aliphatic hydroxyl groups excluding tert-OH is 1. The number of carbonyl (C=O) groups excluding carboxylic acids is 2. The second-order valence-electron chi connectivity index (χ2n) is 5.47. The molecule has 1 unspecified atom stereocenters. The van der Waals surface area contributed by atoms with Crippen molar-refractivity contribution in [2.24, 2.45) is 0 Å². The molecule has 20 heavy (non-hydrogen) atoms. The van der Waals surface area contributed by atoms with Crippen LogP contribution in [0.5, 0.6) is 0 Å². The number of hydrogen-bond acceptors (Lipinski definition) is 5. The average Bonchev–Trinajstić information content (AvgIpc) is 2.59. The molecule has 1 aliphatic heterocycles. The Morgan fingerprint density at radius 1 is 1.35 bits per heavy atom. The third kappa shape index (κ3) is 2.91. The van der Waals surface area contributed by atoms with E-state index >= 15 is 0 Å². The highest BCUT2D eigenvalue weighted by Gasteiger charge is 2.36. The highest BCUT2D eigenvalue weighted by Crippen LogP contribution is 2.31. The molecule has 1 aliphatic rings. The molecule has 0 radical (unpaired) electrons. The first kappa shape index (κ1) is 14.3. The zero-order chi connectivity index (χ0) is 14.9. The molecule has 0 aliphatic carbocycles. The van der Waals surface area contributed by atoms with Crippen molar-refractivity contribution in [2.75, 3.05) is 6.73 Å². The second kappa shape index (κ2) is 5.13. The molecule has 108 valence electrons. The summed E-state index contributed by atoms with van der Waals surface area (Å²) in [6.07, 6.45) is -1.99. The fourth-order valence-corrected chi connectivity index (χ4v) is 1.88. The van der Waals surface area contributed by atoms with Crippen molar-refractivity contribution in [1.82, 2.24) is 4.90 Å². The summed E-state index contributed by atoms with van der Waals surface area (Å²) in [6.45, 7) is 4.77. The van der Waals surface area contributed by atoms with E-state index in [0.29, 0.717) is 11.1 Å². The van der Waals surface area contributed by atoms with Crippen LogP contribution < -0.4 is 0 Å². The Labute approximate surface area is 116 Å². The molecule has 1 heterocycles. The van der Waals surface area contributed by atoms with Crippen molar-refractivity contribution in [3.8, 4) is 0 Å². The summed E-state index contributed by atoms with van der Waals surface area (Å²) < 4.78 is 9.82. The summed E-state index contributed by atoms with van der Waals surface area (Å²) >= 11 is 0. The Morgan fingerprint density at radius 3 is 2.60 bits per heavy atom. The number of amides is 1. The molecule has 0 bridgehead atoms. The largest absolute Gasteiger partial charge is 0.510 e. The smallest absolute Gasteiger partial charge is 0.429 e. The van der Waals surface area contributed by atoms with Crippen LogP contribution in [0.1, 0.15) is 42.9 Å². The van der Waals surface area contributed by atoms with Gasteiger partial charge in [0.25, 0.3) is 5.91 Å². The van der Waals surface area contributed by atoms with Crippen LogP contribution in [0.4, 0.5) is 4.79 Å². The highest BCUT2D eigenvalue weighted by atomic mass is 16.7. The molecule has 0 aromatic heterocycles. The predicted molar refractivity (Wildman–Crippen MR) is 69.8 cm³/mol. The molecule has 1 aromatic rings. The third-order valence-electron chi connectivity index (χ3n) is 2.74. The van der Waals surface area contributed by atoms with E-state index in [4.69, 9.17) is 9.47 Å². The van der Waals surface area contributed by atoms with Gasteiger partial charge < -0.3 is 14.6 Å². The summed E-state index contributed by atoms with van der Waals surface area (Å²) in [5.41, 5.74) is 0.242. The molecule has 1 amide bonds. The van der Waals surface area contributed by atoms with Crippen molar-refractivity contribution in [3.05, 3.63) is 35.4 Å². The van der Waals surface area contributed by atoms with Crippen LogP contribution in [0.2, 0.25) is 0 Å². The van der Waals surface area contributed by atoms with Crippen LogP contribution in [0.3, 0.4) is 0 Å². The summed E-state index contributed by atoms with van der Waals surface area (Å²) in [5, 5.41) is 10.0. The fraction of sp³-hybridized carbons (Fsp3) is 0.429. The molecule has 1 N–H and O–H groups in total. The number of carbonyl (C=O) groups is 2. The minimum atomic E-state index is -1.11. The molecule has 0 saturated heterocycles. The van der Waals surface area contributed by atoms with Gasteiger partial charge in [0.05, 0.1) is 0 Å². The van der Waals surface area contributed by atoms with Gasteiger partial charge in [0.15, 0.2) is 13.0 Å². The van der Waals surface area contributed by atoms with Gasteiger partial charge in [-0.3, -0.25) is 9.69 Å². The summed E-state index contributed by atoms with van der Waals surface area (Å²) in [5.74, 6) is -0.378. The first-order chi connectivity index (χ1) is 9.29. The molecular weight excluding hydrogens is 262 g/mol. The zero-order valence-electron chi connectivity index (χ0n) is 11.6.